The van der Waals surface area contributed by atoms with Crippen LogP contribution in [0.1, 0.15) is 26.2 Å². The van der Waals surface area contributed by atoms with Crippen molar-refractivity contribution in [3.63, 3.8) is 0 Å². The Hall–Kier alpha value is -1.11. The van der Waals surface area contributed by atoms with Gasteiger partial charge in [-0.3, -0.25) is 9.59 Å². The fourth-order valence-corrected chi connectivity index (χ4v) is 2.83. The molecule has 5 nitrogen and oxygen atoms in total. The van der Waals surface area contributed by atoms with Crippen molar-refractivity contribution in [3.05, 3.63) is 28.7 Å². The van der Waals surface area contributed by atoms with Crippen LogP contribution in [-0.2, 0) is 9.59 Å². The summed E-state index contributed by atoms with van der Waals surface area (Å²) in [6, 6.07) is 7.78. The molecule has 128 valence electrons. The van der Waals surface area contributed by atoms with Gasteiger partial charge in [-0.05, 0) is 50.6 Å². The number of carbonyl (C=O) groups excluding carboxylic acids is 2. The summed E-state index contributed by atoms with van der Waals surface area (Å²) in [5.74, 6) is 0.0249. The van der Waals surface area contributed by atoms with Crippen LogP contribution in [0.25, 0.3) is 0 Å². The number of hydrogen-bond acceptors (Lipinski definition) is 3. The van der Waals surface area contributed by atoms with Crippen LogP contribution in [0.15, 0.2) is 28.7 Å². The van der Waals surface area contributed by atoms with Gasteiger partial charge in [0, 0.05) is 35.1 Å². The molecule has 0 aromatic heterocycles. The van der Waals surface area contributed by atoms with Gasteiger partial charge in [0.15, 0.2) is 0 Å². The third-order valence-corrected chi connectivity index (χ3v) is 4.30. The highest BCUT2D eigenvalue weighted by molar-refractivity contribution is 9.10. The molecule has 1 heterocycles. The number of hydrogen-bond donors (Lipinski definition) is 3. The maximum absolute atomic E-state index is 12.0. The van der Waals surface area contributed by atoms with E-state index in [9.17, 15) is 9.59 Å². The Balaban J connectivity index is 0.00000264. The van der Waals surface area contributed by atoms with Crippen LogP contribution >= 0.6 is 28.3 Å². The van der Waals surface area contributed by atoms with Crippen molar-refractivity contribution < 1.29 is 9.59 Å². The lowest BCUT2D eigenvalue weighted by molar-refractivity contribution is -0.126. The monoisotopic (exact) mass is 403 g/mol. The van der Waals surface area contributed by atoms with Crippen molar-refractivity contribution >= 4 is 45.8 Å². The molecular formula is C16H23BrClN3O2. The zero-order valence-electron chi connectivity index (χ0n) is 13.1. The highest BCUT2D eigenvalue weighted by Crippen LogP contribution is 2.16. The molecular weight excluding hydrogens is 382 g/mol. The minimum Gasteiger partial charge on any atom is -0.355 e. The highest BCUT2D eigenvalue weighted by atomic mass is 79.9. The highest BCUT2D eigenvalue weighted by Gasteiger charge is 2.24. The second kappa shape index (κ2) is 9.90. The second-order valence-electron chi connectivity index (χ2n) is 5.67. The van der Waals surface area contributed by atoms with Gasteiger partial charge in [-0.2, -0.15) is 0 Å². The van der Waals surface area contributed by atoms with Crippen molar-refractivity contribution in [3.8, 4) is 0 Å². The molecule has 7 heteroatoms. The summed E-state index contributed by atoms with van der Waals surface area (Å²) in [7, 11) is 0. The van der Waals surface area contributed by atoms with Crippen molar-refractivity contribution in [2.24, 2.45) is 5.92 Å². The Morgan fingerprint density at radius 1 is 1.30 bits per heavy atom. The zero-order valence-corrected chi connectivity index (χ0v) is 15.5. The number of nitrogens with one attached hydrogen (secondary N) is 3. The van der Waals surface area contributed by atoms with Gasteiger partial charge in [0.1, 0.15) is 0 Å². The summed E-state index contributed by atoms with van der Waals surface area (Å²) in [5, 5.41) is 9.00. The molecule has 1 aromatic carbocycles. The molecule has 0 radical (unpaired) electrons. The van der Waals surface area contributed by atoms with Gasteiger partial charge in [0.25, 0.3) is 0 Å². The summed E-state index contributed by atoms with van der Waals surface area (Å²) >= 11 is 3.35. The van der Waals surface area contributed by atoms with Gasteiger partial charge in [-0.25, -0.2) is 0 Å². The number of amides is 2. The molecule has 2 amide bonds. The van der Waals surface area contributed by atoms with Crippen LogP contribution in [0.5, 0.6) is 0 Å². The average molecular weight is 405 g/mol. The normalized spacial score (nSPS) is 20.3. The smallest absolute Gasteiger partial charge is 0.226 e. The molecule has 3 N–H and O–H groups in total. The van der Waals surface area contributed by atoms with E-state index in [-0.39, 0.29) is 36.6 Å². The van der Waals surface area contributed by atoms with Crippen molar-refractivity contribution in [2.75, 3.05) is 18.4 Å². The van der Waals surface area contributed by atoms with Gasteiger partial charge in [0.05, 0.1) is 0 Å². The molecule has 1 saturated heterocycles. The van der Waals surface area contributed by atoms with E-state index in [2.05, 4.69) is 38.8 Å². The standard InChI is InChI=1S/C16H22BrN3O2.ClH/c1-11-10-12(6-8-18-11)16(22)19-9-7-15(21)20-14-4-2-13(17)3-5-14;/h2-5,11-12,18H,6-10H2,1H3,(H,19,22)(H,20,21);1H/t11-,12-;/m0./s1. The molecule has 1 aliphatic rings. The predicted octanol–water partition coefficient (Wildman–Crippen LogP) is 2.70. The Kier molecular flexibility index (Phi) is 8.58. The van der Waals surface area contributed by atoms with E-state index in [1.165, 1.54) is 0 Å². The summed E-state index contributed by atoms with van der Waals surface area (Å²) in [4.78, 5) is 23.9. The summed E-state index contributed by atoms with van der Waals surface area (Å²) in [6.07, 6.45) is 2.00. The Morgan fingerprint density at radius 3 is 2.65 bits per heavy atom. The SMILES string of the molecule is C[C@H]1C[C@@H](C(=O)NCCC(=O)Nc2ccc(Br)cc2)CCN1.Cl. The fourth-order valence-electron chi connectivity index (χ4n) is 2.57. The maximum Gasteiger partial charge on any atom is 0.226 e. The first-order chi connectivity index (χ1) is 10.5. The van der Waals surface area contributed by atoms with Gasteiger partial charge < -0.3 is 16.0 Å². The molecule has 1 aromatic rings. The number of rotatable bonds is 5. The molecule has 0 spiro atoms. The van der Waals surface area contributed by atoms with Gasteiger partial charge in [-0.15, -0.1) is 12.4 Å². The van der Waals surface area contributed by atoms with Gasteiger partial charge in [0.2, 0.25) is 11.8 Å². The molecule has 0 saturated carbocycles. The first-order valence-electron chi connectivity index (χ1n) is 7.61. The van der Waals surface area contributed by atoms with E-state index in [1.54, 1.807) is 0 Å². The predicted molar refractivity (Wildman–Crippen MR) is 97.8 cm³/mol. The third kappa shape index (κ3) is 6.89. The molecule has 2 rings (SSSR count). The summed E-state index contributed by atoms with van der Waals surface area (Å²) < 4.78 is 0.967. The number of carbonyl (C=O) groups is 2. The Morgan fingerprint density at radius 2 is 2.00 bits per heavy atom. The number of halogens is 2. The lowest BCUT2D eigenvalue weighted by Crippen LogP contribution is -2.42. The maximum atomic E-state index is 12.0. The van der Waals surface area contributed by atoms with E-state index >= 15 is 0 Å². The number of piperidine rings is 1. The molecule has 2 atom stereocenters. The van der Waals surface area contributed by atoms with Crippen molar-refractivity contribution in [1.29, 1.82) is 0 Å². The van der Waals surface area contributed by atoms with Crippen LogP contribution in [0, 0.1) is 5.92 Å². The lowest BCUT2D eigenvalue weighted by atomic mass is 9.92. The van der Waals surface area contributed by atoms with Crippen LogP contribution in [0.4, 0.5) is 5.69 Å². The first-order valence-corrected chi connectivity index (χ1v) is 8.40. The van der Waals surface area contributed by atoms with Crippen molar-refractivity contribution in [2.45, 2.75) is 32.2 Å². The fraction of sp³-hybridized carbons (Fsp3) is 0.500. The topological polar surface area (TPSA) is 70.2 Å². The summed E-state index contributed by atoms with van der Waals surface area (Å²) in [5.41, 5.74) is 0.756. The van der Waals surface area contributed by atoms with Crippen LogP contribution in [-0.4, -0.2) is 30.9 Å². The number of anilines is 1. The Bertz CT molecular complexity index is 525. The average Bonchev–Trinajstić information content (AvgIpc) is 2.49. The van der Waals surface area contributed by atoms with Crippen LogP contribution < -0.4 is 16.0 Å². The van der Waals surface area contributed by atoms with E-state index in [1.807, 2.05) is 24.3 Å². The zero-order chi connectivity index (χ0) is 15.9. The molecule has 0 aliphatic carbocycles. The minimum atomic E-state index is -0.0960. The molecule has 23 heavy (non-hydrogen) atoms. The lowest BCUT2D eigenvalue weighted by Gasteiger charge is -2.27. The van der Waals surface area contributed by atoms with E-state index in [0.717, 1.165) is 29.5 Å². The van der Waals surface area contributed by atoms with Crippen molar-refractivity contribution in [1.82, 2.24) is 10.6 Å². The quantitative estimate of drug-likeness (QED) is 0.707. The molecule has 1 aliphatic heterocycles. The van der Waals surface area contributed by atoms with Crippen LogP contribution in [0.2, 0.25) is 0 Å². The molecule has 0 bridgehead atoms. The third-order valence-electron chi connectivity index (χ3n) is 3.77. The number of benzene rings is 1. The van der Waals surface area contributed by atoms with E-state index in [0.29, 0.717) is 12.6 Å². The van der Waals surface area contributed by atoms with Gasteiger partial charge in [-0.1, -0.05) is 15.9 Å². The van der Waals surface area contributed by atoms with E-state index in [4.69, 9.17) is 0 Å². The van der Waals surface area contributed by atoms with Crippen LogP contribution in [0.3, 0.4) is 0 Å². The van der Waals surface area contributed by atoms with E-state index < -0.39 is 0 Å². The second-order valence-corrected chi connectivity index (χ2v) is 6.59. The summed E-state index contributed by atoms with van der Waals surface area (Å²) in [6.45, 7) is 3.34. The largest absolute Gasteiger partial charge is 0.355 e. The molecule has 1 fully saturated rings. The minimum absolute atomic E-state index is 0. The molecule has 0 unspecified atom stereocenters. The first kappa shape index (κ1) is 19.9. The Labute approximate surface area is 151 Å². The van der Waals surface area contributed by atoms with Gasteiger partial charge >= 0.3 is 0 Å².